The highest BCUT2D eigenvalue weighted by atomic mass is 19.1. The van der Waals surface area contributed by atoms with Crippen LogP contribution in [0.2, 0.25) is 0 Å². The molecular formula is C14H16FN3O2. The van der Waals surface area contributed by atoms with E-state index in [1.165, 1.54) is 25.6 Å². The van der Waals surface area contributed by atoms with E-state index in [0.29, 0.717) is 23.3 Å². The zero-order valence-electron chi connectivity index (χ0n) is 11.6. The minimum absolute atomic E-state index is 0.322. The number of aromatic nitrogens is 2. The lowest BCUT2D eigenvalue weighted by Crippen LogP contribution is -2.33. The van der Waals surface area contributed by atoms with Crippen molar-refractivity contribution in [3.63, 3.8) is 0 Å². The number of nitrogens with zero attached hydrogens (tertiary/aromatic N) is 2. The zero-order valence-corrected chi connectivity index (χ0v) is 11.6. The SMILES string of the molecule is COC(=O)C(C)(C)CNc1ncnc2ccc(F)cc12. The first-order chi connectivity index (χ1) is 9.44. The Bertz CT molecular complexity index is 643. The average Bonchev–Trinajstić information content (AvgIpc) is 2.44. The van der Waals surface area contributed by atoms with Crippen LogP contribution in [0.1, 0.15) is 13.8 Å². The van der Waals surface area contributed by atoms with Crippen molar-refractivity contribution in [1.82, 2.24) is 9.97 Å². The second-order valence-electron chi connectivity index (χ2n) is 5.11. The van der Waals surface area contributed by atoms with Crippen molar-refractivity contribution in [1.29, 1.82) is 0 Å². The number of esters is 1. The lowest BCUT2D eigenvalue weighted by molar-refractivity contribution is -0.149. The van der Waals surface area contributed by atoms with Gasteiger partial charge in [0.1, 0.15) is 18.0 Å². The Kier molecular flexibility index (Phi) is 3.83. The molecule has 2 rings (SSSR count). The maximum atomic E-state index is 13.3. The molecule has 0 unspecified atom stereocenters. The van der Waals surface area contributed by atoms with Crippen LogP contribution in [0.15, 0.2) is 24.5 Å². The van der Waals surface area contributed by atoms with Crippen molar-refractivity contribution in [2.24, 2.45) is 5.41 Å². The van der Waals surface area contributed by atoms with E-state index in [1.807, 2.05) is 0 Å². The number of ether oxygens (including phenoxy) is 1. The Balaban J connectivity index is 2.26. The van der Waals surface area contributed by atoms with Gasteiger partial charge in [0.25, 0.3) is 0 Å². The van der Waals surface area contributed by atoms with Gasteiger partial charge in [-0.25, -0.2) is 14.4 Å². The molecule has 0 atom stereocenters. The van der Waals surface area contributed by atoms with Crippen LogP contribution < -0.4 is 5.32 Å². The van der Waals surface area contributed by atoms with Crippen LogP contribution in [0.4, 0.5) is 10.2 Å². The summed E-state index contributed by atoms with van der Waals surface area (Å²) in [5, 5.41) is 3.63. The summed E-state index contributed by atoms with van der Waals surface area (Å²) in [6.45, 7) is 3.84. The molecule has 0 fully saturated rings. The number of carbonyl (C=O) groups is 1. The predicted octanol–water partition coefficient (Wildman–Crippen LogP) is 2.38. The normalized spacial score (nSPS) is 11.4. The Hall–Kier alpha value is -2.24. The van der Waals surface area contributed by atoms with Gasteiger partial charge < -0.3 is 10.1 Å². The van der Waals surface area contributed by atoms with Crippen molar-refractivity contribution < 1.29 is 13.9 Å². The van der Waals surface area contributed by atoms with E-state index in [2.05, 4.69) is 15.3 Å². The van der Waals surface area contributed by atoms with Crippen molar-refractivity contribution in [3.8, 4) is 0 Å². The van der Waals surface area contributed by atoms with Gasteiger partial charge in [-0.3, -0.25) is 4.79 Å². The third-order valence-corrected chi connectivity index (χ3v) is 3.03. The van der Waals surface area contributed by atoms with Crippen molar-refractivity contribution in [2.45, 2.75) is 13.8 Å². The molecule has 1 aromatic heterocycles. The number of hydrogen-bond donors (Lipinski definition) is 1. The molecule has 0 saturated carbocycles. The van der Waals surface area contributed by atoms with E-state index in [-0.39, 0.29) is 11.8 Å². The summed E-state index contributed by atoms with van der Waals surface area (Å²) in [5.41, 5.74) is -0.0703. The standard InChI is InChI=1S/C14H16FN3O2/c1-14(2,13(19)20-3)7-16-12-10-6-9(15)4-5-11(10)17-8-18-12/h4-6,8H,7H2,1-3H3,(H,16,17,18). The van der Waals surface area contributed by atoms with E-state index in [0.717, 1.165) is 0 Å². The molecule has 6 heteroatoms. The van der Waals surface area contributed by atoms with Crippen LogP contribution in [0.5, 0.6) is 0 Å². The Morgan fingerprint density at radius 2 is 2.15 bits per heavy atom. The van der Waals surface area contributed by atoms with Crippen LogP contribution in [0, 0.1) is 11.2 Å². The molecule has 5 nitrogen and oxygen atoms in total. The van der Waals surface area contributed by atoms with Gasteiger partial charge in [-0.05, 0) is 32.0 Å². The monoisotopic (exact) mass is 277 g/mol. The Labute approximate surface area is 116 Å². The smallest absolute Gasteiger partial charge is 0.313 e. The fourth-order valence-corrected chi connectivity index (χ4v) is 1.82. The summed E-state index contributed by atoms with van der Waals surface area (Å²) >= 11 is 0. The van der Waals surface area contributed by atoms with Crippen LogP contribution in [-0.4, -0.2) is 29.6 Å². The fraction of sp³-hybridized carbons (Fsp3) is 0.357. The lowest BCUT2D eigenvalue weighted by Gasteiger charge is -2.22. The molecule has 0 radical (unpaired) electrons. The van der Waals surface area contributed by atoms with Gasteiger partial charge in [0.2, 0.25) is 0 Å². The molecule has 1 aromatic carbocycles. The summed E-state index contributed by atoms with van der Waals surface area (Å²) in [5.74, 6) is -0.191. The molecule has 0 aliphatic rings. The molecule has 2 aromatic rings. The average molecular weight is 277 g/mol. The summed E-state index contributed by atoms with van der Waals surface area (Å²) < 4.78 is 18.1. The number of halogens is 1. The van der Waals surface area contributed by atoms with E-state index < -0.39 is 5.41 Å². The van der Waals surface area contributed by atoms with E-state index >= 15 is 0 Å². The minimum atomic E-state index is -0.709. The molecule has 0 saturated heterocycles. The molecular weight excluding hydrogens is 261 g/mol. The predicted molar refractivity (Wildman–Crippen MR) is 73.8 cm³/mol. The number of rotatable bonds is 4. The Morgan fingerprint density at radius 1 is 1.40 bits per heavy atom. The van der Waals surface area contributed by atoms with Gasteiger partial charge in [-0.1, -0.05) is 0 Å². The van der Waals surface area contributed by atoms with Crippen LogP contribution in [-0.2, 0) is 9.53 Å². The number of nitrogens with one attached hydrogen (secondary N) is 1. The number of hydrogen-bond acceptors (Lipinski definition) is 5. The fourth-order valence-electron chi connectivity index (χ4n) is 1.82. The quantitative estimate of drug-likeness (QED) is 0.869. The number of anilines is 1. The largest absolute Gasteiger partial charge is 0.469 e. The first-order valence-electron chi connectivity index (χ1n) is 6.16. The van der Waals surface area contributed by atoms with Gasteiger partial charge in [0.05, 0.1) is 18.0 Å². The maximum absolute atomic E-state index is 13.3. The zero-order chi connectivity index (χ0) is 14.8. The Morgan fingerprint density at radius 3 is 2.85 bits per heavy atom. The number of carbonyl (C=O) groups excluding carboxylic acids is 1. The first kappa shape index (κ1) is 14.2. The van der Waals surface area contributed by atoms with E-state index in [1.54, 1.807) is 19.9 Å². The minimum Gasteiger partial charge on any atom is -0.469 e. The van der Waals surface area contributed by atoms with Gasteiger partial charge in [0, 0.05) is 11.9 Å². The molecule has 1 heterocycles. The second kappa shape index (κ2) is 5.40. The highest BCUT2D eigenvalue weighted by Crippen LogP contribution is 2.23. The molecule has 0 aliphatic heterocycles. The number of fused-ring (bicyclic) bond motifs is 1. The van der Waals surface area contributed by atoms with E-state index in [4.69, 9.17) is 4.74 Å². The second-order valence-corrected chi connectivity index (χ2v) is 5.11. The summed E-state index contributed by atoms with van der Waals surface area (Å²) in [7, 11) is 1.35. The van der Waals surface area contributed by atoms with Crippen LogP contribution >= 0.6 is 0 Å². The maximum Gasteiger partial charge on any atom is 0.313 e. The molecule has 0 bridgehead atoms. The summed E-state index contributed by atoms with van der Waals surface area (Å²) in [6.07, 6.45) is 1.40. The van der Waals surface area contributed by atoms with Crippen molar-refractivity contribution >= 4 is 22.7 Å². The first-order valence-corrected chi connectivity index (χ1v) is 6.16. The summed E-state index contributed by atoms with van der Waals surface area (Å²) in [4.78, 5) is 19.8. The third-order valence-electron chi connectivity index (χ3n) is 3.03. The lowest BCUT2D eigenvalue weighted by atomic mass is 9.94. The van der Waals surface area contributed by atoms with E-state index in [9.17, 15) is 9.18 Å². The molecule has 1 N–H and O–H groups in total. The number of benzene rings is 1. The molecule has 0 aliphatic carbocycles. The van der Waals surface area contributed by atoms with Gasteiger partial charge >= 0.3 is 5.97 Å². The molecule has 0 amide bonds. The molecule has 106 valence electrons. The van der Waals surface area contributed by atoms with Gasteiger partial charge in [-0.15, -0.1) is 0 Å². The third kappa shape index (κ3) is 2.84. The number of methoxy groups -OCH3 is 1. The highest BCUT2D eigenvalue weighted by molar-refractivity contribution is 5.89. The van der Waals surface area contributed by atoms with Crippen molar-refractivity contribution in [3.05, 3.63) is 30.3 Å². The highest BCUT2D eigenvalue weighted by Gasteiger charge is 2.28. The van der Waals surface area contributed by atoms with Crippen LogP contribution in [0.3, 0.4) is 0 Å². The van der Waals surface area contributed by atoms with Gasteiger partial charge in [0.15, 0.2) is 0 Å². The van der Waals surface area contributed by atoms with Gasteiger partial charge in [-0.2, -0.15) is 0 Å². The summed E-state index contributed by atoms with van der Waals surface area (Å²) in [6, 6.07) is 4.29. The molecule has 0 spiro atoms. The molecule has 20 heavy (non-hydrogen) atoms. The van der Waals surface area contributed by atoms with Crippen LogP contribution in [0.25, 0.3) is 10.9 Å². The topological polar surface area (TPSA) is 64.1 Å². The van der Waals surface area contributed by atoms with Crippen molar-refractivity contribution in [2.75, 3.05) is 19.0 Å².